The molecule has 92 valence electrons. The molecule has 0 bridgehead atoms. The average Bonchev–Trinajstić information content (AvgIpc) is 2.04. The van der Waals surface area contributed by atoms with Gasteiger partial charge in [0, 0.05) is 0 Å². The lowest BCUT2D eigenvalue weighted by Crippen LogP contribution is -2.00. The molecule has 0 fully saturated rings. The predicted octanol–water partition coefficient (Wildman–Crippen LogP) is 0.612. The van der Waals surface area contributed by atoms with Gasteiger partial charge in [-0.15, -0.1) is 20.2 Å². The van der Waals surface area contributed by atoms with Crippen LogP contribution in [0.4, 0.5) is 0 Å². The van der Waals surface area contributed by atoms with Gasteiger partial charge in [-0.2, -0.15) is 0 Å². The zero-order valence-electron chi connectivity index (χ0n) is 8.79. The fraction of sp³-hybridized carbons (Fsp3) is 1.00. The standard InChI is InChI=1S/C4H9NO3.C2H7N.HNO3/c1-2-3-4-8-5(6)7;1-2-3;2-1(3)4/h2-4H2,1H3;2-3H2,1H3;(H,2,3,4). The van der Waals surface area contributed by atoms with Crippen molar-refractivity contribution in [2.45, 2.75) is 26.7 Å². The Balaban J connectivity index is -0.000000173. The molecule has 0 aliphatic carbocycles. The van der Waals surface area contributed by atoms with E-state index in [4.69, 9.17) is 21.1 Å². The van der Waals surface area contributed by atoms with Gasteiger partial charge in [-0.3, -0.25) is 0 Å². The lowest BCUT2D eigenvalue weighted by molar-refractivity contribution is -0.757. The Bertz CT molecular complexity index is 150. The normalized spacial score (nSPS) is 7.40. The van der Waals surface area contributed by atoms with Crippen molar-refractivity contribution in [1.82, 2.24) is 0 Å². The first-order valence-electron chi connectivity index (χ1n) is 4.22. The van der Waals surface area contributed by atoms with Crippen LogP contribution in [0.5, 0.6) is 0 Å². The van der Waals surface area contributed by atoms with Crippen molar-refractivity contribution in [3.8, 4) is 0 Å². The van der Waals surface area contributed by atoms with Crippen molar-refractivity contribution in [2.24, 2.45) is 5.73 Å². The van der Waals surface area contributed by atoms with Crippen molar-refractivity contribution >= 4 is 0 Å². The monoisotopic (exact) mass is 227 g/mol. The van der Waals surface area contributed by atoms with E-state index in [1.165, 1.54) is 0 Å². The van der Waals surface area contributed by atoms with Gasteiger partial charge in [-0.1, -0.05) is 20.3 Å². The topological polar surface area (TPSA) is 142 Å². The largest absolute Gasteiger partial charge is 0.331 e. The average molecular weight is 227 g/mol. The molecule has 9 heteroatoms. The Morgan fingerprint density at radius 2 is 1.67 bits per heavy atom. The highest BCUT2D eigenvalue weighted by Crippen LogP contribution is 1.86. The molecule has 0 radical (unpaired) electrons. The van der Waals surface area contributed by atoms with Crippen molar-refractivity contribution in [3.05, 3.63) is 20.2 Å². The van der Waals surface area contributed by atoms with Crippen LogP contribution >= 0.6 is 0 Å². The van der Waals surface area contributed by atoms with Gasteiger partial charge in [-0.25, -0.2) is 0 Å². The molecule has 15 heavy (non-hydrogen) atoms. The summed E-state index contributed by atoms with van der Waals surface area (Å²) >= 11 is 0. The van der Waals surface area contributed by atoms with E-state index in [2.05, 4.69) is 4.84 Å². The van der Waals surface area contributed by atoms with Crippen LogP contribution in [0.2, 0.25) is 0 Å². The summed E-state index contributed by atoms with van der Waals surface area (Å²) in [4.78, 5) is 21.8. The fourth-order valence-electron chi connectivity index (χ4n) is 0.283. The Labute approximate surface area is 87.0 Å². The van der Waals surface area contributed by atoms with Gasteiger partial charge in [0.15, 0.2) is 0 Å². The number of rotatable bonds is 4. The third kappa shape index (κ3) is 118. The molecule has 0 amide bonds. The van der Waals surface area contributed by atoms with Crippen molar-refractivity contribution in [3.63, 3.8) is 0 Å². The molecule has 0 atom stereocenters. The minimum Gasteiger partial charge on any atom is -0.331 e. The maximum atomic E-state index is 9.46. The highest BCUT2D eigenvalue weighted by Gasteiger charge is 1.89. The minimum absolute atomic E-state index is 0.226. The first kappa shape index (κ1) is 19.0. The van der Waals surface area contributed by atoms with E-state index >= 15 is 0 Å². The van der Waals surface area contributed by atoms with Crippen LogP contribution in [0.25, 0.3) is 0 Å². The molecule has 0 rings (SSSR count). The Hall–Kier alpha value is -1.64. The molecular weight excluding hydrogens is 210 g/mol. The molecule has 0 aliphatic rings. The first-order valence-corrected chi connectivity index (χ1v) is 4.22. The summed E-state index contributed by atoms with van der Waals surface area (Å²) in [6.45, 7) is 4.83. The van der Waals surface area contributed by atoms with Crippen LogP contribution in [-0.2, 0) is 4.84 Å². The van der Waals surface area contributed by atoms with Crippen LogP contribution in [0.3, 0.4) is 0 Å². The van der Waals surface area contributed by atoms with Crippen molar-refractivity contribution in [1.29, 1.82) is 0 Å². The minimum atomic E-state index is -1.50. The molecule has 0 aliphatic heterocycles. The molecular formula is C6H17N3O6. The number of nitrogens with zero attached hydrogens (tertiary/aromatic N) is 2. The number of unbranched alkanes of at least 4 members (excludes halogenated alkanes) is 1. The second kappa shape index (κ2) is 18.2. The zero-order valence-corrected chi connectivity index (χ0v) is 8.79. The van der Waals surface area contributed by atoms with Gasteiger partial charge in [0.25, 0.3) is 10.2 Å². The van der Waals surface area contributed by atoms with Crippen LogP contribution in [0.15, 0.2) is 0 Å². The van der Waals surface area contributed by atoms with E-state index in [1.807, 2.05) is 13.8 Å². The zero-order chi connectivity index (χ0) is 12.7. The fourth-order valence-corrected chi connectivity index (χ4v) is 0.283. The molecule has 3 N–H and O–H groups in total. The smallest absolute Gasteiger partial charge is 0.294 e. The molecule has 0 aromatic carbocycles. The maximum absolute atomic E-state index is 9.46. The van der Waals surface area contributed by atoms with E-state index < -0.39 is 10.2 Å². The maximum Gasteiger partial charge on any atom is 0.294 e. The molecule has 9 nitrogen and oxygen atoms in total. The molecule has 0 spiro atoms. The lowest BCUT2D eigenvalue weighted by atomic mass is 10.4. The van der Waals surface area contributed by atoms with Gasteiger partial charge in [-0.05, 0) is 13.0 Å². The number of hydrogen-bond acceptors (Lipinski definition) is 6. The Morgan fingerprint density at radius 1 is 1.33 bits per heavy atom. The summed E-state index contributed by atoms with van der Waals surface area (Å²) in [6, 6.07) is 0. The predicted molar refractivity (Wildman–Crippen MR) is 51.4 cm³/mol. The summed E-state index contributed by atoms with van der Waals surface area (Å²) in [6.07, 6.45) is 1.68. The Kier molecular flexibility index (Phi) is 23.1. The second-order valence-corrected chi connectivity index (χ2v) is 2.06. The van der Waals surface area contributed by atoms with Gasteiger partial charge in [0.1, 0.15) is 0 Å². The van der Waals surface area contributed by atoms with E-state index in [0.717, 1.165) is 19.4 Å². The summed E-state index contributed by atoms with van der Waals surface area (Å²) in [5.74, 6) is 0. The van der Waals surface area contributed by atoms with Crippen LogP contribution < -0.4 is 5.73 Å². The first-order chi connectivity index (χ1) is 6.92. The van der Waals surface area contributed by atoms with Crippen molar-refractivity contribution in [2.75, 3.05) is 13.2 Å². The van der Waals surface area contributed by atoms with Gasteiger partial charge in [0.2, 0.25) is 0 Å². The van der Waals surface area contributed by atoms with Gasteiger partial charge < -0.3 is 15.8 Å². The van der Waals surface area contributed by atoms with Crippen molar-refractivity contribution < 1.29 is 20.2 Å². The van der Waals surface area contributed by atoms with Crippen LogP contribution in [-0.4, -0.2) is 28.5 Å². The lowest BCUT2D eigenvalue weighted by Gasteiger charge is -1.92. The van der Waals surface area contributed by atoms with Crippen LogP contribution in [0, 0.1) is 20.2 Å². The molecule has 0 aromatic heterocycles. The second-order valence-electron chi connectivity index (χ2n) is 2.06. The summed E-state index contributed by atoms with van der Waals surface area (Å²) < 4.78 is 0. The molecule has 0 heterocycles. The van der Waals surface area contributed by atoms with Crippen LogP contribution in [0.1, 0.15) is 26.7 Å². The summed E-state index contributed by atoms with van der Waals surface area (Å²) in [5.41, 5.74) is 4.85. The van der Waals surface area contributed by atoms with E-state index in [1.54, 1.807) is 0 Å². The third-order valence-electron chi connectivity index (χ3n) is 0.695. The molecule has 0 unspecified atom stereocenters. The molecule has 0 saturated carbocycles. The highest BCUT2D eigenvalue weighted by molar-refractivity contribution is 4.25. The third-order valence-corrected chi connectivity index (χ3v) is 0.695. The van der Waals surface area contributed by atoms with E-state index in [-0.39, 0.29) is 6.61 Å². The van der Waals surface area contributed by atoms with E-state index in [9.17, 15) is 10.1 Å². The summed E-state index contributed by atoms with van der Waals surface area (Å²) in [5, 5.41) is 22.3. The SMILES string of the molecule is CCCCO[N+](=O)[O-].CCN.O=[N+]([O-])O. The van der Waals surface area contributed by atoms with E-state index in [0.29, 0.717) is 0 Å². The highest BCUT2D eigenvalue weighted by atomic mass is 16.9. The summed E-state index contributed by atoms with van der Waals surface area (Å²) in [7, 11) is 0. The quantitative estimate of drug-likeness (QED) is 0.407. The molecule has 0 saturated heterocycles. The number of hydrogen-bond donors (Lipinski definition) is 2. The Morgan fingerprint density at radius 3 is 1.87 bits per heavy atom. The van der Waals surface area contributed by atoms with Gasteiger partial charge in [0.05, 0.1) is 6.61 Å². The van der Waals surface area contributed by atoms with Gasteiger partial charge >= 0.3 is 0 Å². The number of nitrogens with two attached hydrogens (primary N) is 1. The molecule has 0 aromatic rings.